The fraction of sp³-hybridized carbons (Fsp3) is 0.192. The highest BCUT2D eigenvalue weighted by molar-refractivity contribution is 5.37. The van der Waals surface area contributed by atoms with Crippen molar-refractivity contribution in [3.8, 4) is 23.0 Å². The molecule has 3 aromatic rings. The molecule has 0 aromatic heterocycles. The molecule has 1 N–H and O–H groups in total. The number of hydrogen-bond acceptors (Lipinski definition) is 4. The van der Waals surface area contributed by atoms with Crippen molar-refractivity contribution < 1.29 is 27.4 Å². The van der Waals surface area contributed by atoms with Crippen LogP contribution in [-0.2, 0) is 6.18 Å². The van der Waals surface area contributed by atoms with Crippen molar-refractivity contribution in [2.45, 2.75) is 12.6 Å². The molecule has 0 atom stereocenters. The van der Waals surface area contributed by atoms with Gasteiger partial charge in [-0.05, 0) is 55.0 Å². The first-order valence-corrected chi connectivity index (χ1v) is 10.4. The molecule has 3 rings (SSSR count). The van der Waals surface area contributed by atoms with E-state index in [1.54, 1.807) is 31.4 Å². The largest absolute Gasteiger partial charge is 0.498 e. The van der Waals surface area contributed by atoms with Crippen LogP contribution in [0.25, 0.3) is 0 Å². The number of ether oxygens (including phenoxy) is 3. The molecule has 7 heteroatoms. The van der Waals surface area contributed by atoms with Crippen molar-refractivity contribution in [1.82, 2.24) is 5.32 Å². The molecule has 0 aliphatic heterocycles. The third kappa shape index (κ3) is 8.03. The molecular formula is C26H25F3NO3-. The Bertz CT molecular complexity index is 999. The van der Waals surface area contributed by atoms with Gasteiger partial charge in [-0.3, -0.25) is 0 Å². The topological polar surface area (TPSA) is 39.7 Å². The van der Waals surface area contributed by atoms with E-state index in [-0.39, 0.29) is 0 Å². The summed E-state index contributed by atoms with van der Waals surface area (Å²) >= 11 is 0. The SMILES string of the molecule is COc1ccc([CH-]C=CNCCCOc2ccc(Oc3ccc(C(F)(F)F)cc3)cc2)cc1. The summed E-state index contributed by atoms with van der Waals surface area (Å²) in [6, 6.07) is 19.3. The van der Waals surface area contributed by atoms with Gasteiger partial charge in [0.05, 0.1) is 19.3 Å². The summed E-state index contributed by atoms with van der Waals surface area (Å²) in [5.41, 5.74) is 0.377. The van der Waals surface area contributed by atoms with E-state index in [1.807, 2.05) is 43.0 Å². The van der Waals surface area contributed by atoms with Crippen molar-refractivity contribution in [2.24, 2.45) is 0 Å². The summed E-state index contributed by atoms with van der Waals surface area (Å²) in [5.74, 6) is 2.37. The number of alkyl halides is 3. The van der Waals surface area contributed by atoms with E-state index in [1.165, 1.54) is 12.1 Å². The average Bonchev–Trinajstić information content (AvgIpc) is 2.82. The van der Waals surface area contributed by atoms with Gasteiger partial charge in [-0.25, -0.2) is 0 Å². The lowest BCUT2D eigenvalue weighted by Gasteiger charge is -2.10. The van der Waals surface area contributed by atoms with Gasteiger partial charge in [0.15, 0.2) is 0 Å². The Labute approximate surface area is 191 Å². The molecular weight excluding hydrogens is 431 g/mol. The van der Waals surface area contributed by atoms with Crippen LogP contribution in [0.4, 0.5) is 13.2 Å². The Morgan fingerprint density at radius 3 is 2.00 bits per heavy atom. The van der Waals surface area contributed by atoms with Crippen LogP contribution < -0.4 is 19.5 Å². The van der Waals surface area contributed by atoms with Gasteiger partial charge in [-0.1, -0.05) is 18.3 Å². The molecule has 0 radical (unpaired) electrons. The van der Waals surface area contributed by atoms with Crippen LogP contribution in [0.5, 0.6) is 23.0 Å². The molecule has 0 aliphatic rings. The van der Waals surface area contributed by atoms with E-state index in [0.717, 1.165) is 36.4 Å². The van der Waals surface area contributed by atoms with Crippen molar-refractivity contribution in [3.63, 3.8) is 0 Å². The maximum absolute atomic E-state index is 12.6. The van der Waals surface area contributed by atoms with E-state index in [4.69, 9.17) is 14.2 Å². The van der Waals surface area contributed by atoms with Crippen LogP contribution in [0, 0.1) is 6.42 Å². The molecule has 0 heterocycles. The molecule has 0 saturated carbocycles. The Morgan fingerprint density at radius 1 is 0.818 bits per heavy atom. The number of hydrogen-bond donors (Lipinski definition) is 1. The van der Waals surface area contributed by atoms with Gasteiger partial charge in [0.25, 0.3) is 0 Å². The third-order valence-electron chi connectivity index (χ3n) is 4.59. The summed E-state index contributed by atoms with van der Waals surface area (Å²) in [5, 5.41) is 3.21. The third-order valence-corrected chi connectivity index (χ3v) is 4.59. The van der Waals surface area contributed by atoms with Crippen molar-refractivity contribution >= 4 is 0 Å². The lowest BCUT2D eigenvalue weighted by Crippen LogP contribution is -2.11. The van der Waals surface area contributed by atoms with Crippen LogP contribution in [0.1, 0.15) is 17.5 Å². The standard InChI is InChI=1S/C26H25F3NO3/c1-31-22-9-5-20(6-10-22)4-2-17-30-18-3-19-32-23-13-15-25(16-14-23)33-24-11-7-21(8-12-24)26(27,28)29/h2,4-17,30H,3,18-19H2,1H3/q-1. The lowest BCUT2D eigenvalue weighted by molar-refractivity contribution is -0.137. The van der Waals surface area contributed by atoms with Crippen LogP contribution in [0.2, 0.25) is 0 Å². The zero-order chi connectivity index (χ0) is 23.5. The average molecular weight is 456 g/mol. The number of halogens is 3. The predicted octanol–water partition coefficient (Wildman–Crippen LogP) is 6.63. The number of nitrogens with one attached hydrogen (secondary N) is 1. The van der Waals surface area contributed by atoms with Gasteiger partial charge in [0, 0.05) is 6.54 Å². The second-order valence-electron chi connectivity index (χ2n) is 7.05. The van der Waals surface area contributed by atoms with Crippen LogP contribution in [0.3, 0.4) is 0 Å². The summed E-state index contributed by atoms with van der Waals surface area (Å²) < 4.78 is 54.2. The van der Waals surface area contributed by atoms with Crippen molar-refractivity contribution in [1.29, 1.82) is 0 Å². The molecule has 174 valence electrons. The van der Waals surface area contributed by atoms with Crippen molar-refractivity contribution in [2.75, 3.05) is 20.3 Å². The second-order valence-corrected chi connectivity index (χ2v) is 7.05. The first kappa shape index (κ1) is 23.9. The highest BCUT2D eigenvalue weighted by atomic mass is 19.4. The van der Waals surface area contributed by atoms with Gasteiger partial charge in [0.1, 0.15) is 23.0 Å². The summed E-state index contributed by atoms with van der Waals surface area (Å²) in [7, 11) is 1.64. The number of benzene rings is 3. The first-order chi connectivity index (χ1) is 15.9. The molecule has 33 heavy (non-hydrogen) atoms. The minimum Gasteiger partial charge on any atom is -0.498 e. The zero-order valence-electron chi connectivity index (χ0n) is 18.1. The molecule has 0 fully saturated rings. The predicted molar refractivity (Wildman–Crippen MR) is 122 cm³/mol. The Balaban J connectivity index is 1.31. The van der Waals surface area contributed by atoms with E-state index in [2.05, 4.69) is 5.32 Å². The monoisotopic (exact) mass is 456 g/mol. The lowest BCUT2D eigenvalue weighted by atomic mass is 10.1. The van der Waals surface area contributed by atoms with Crippen LogP contribution in [-0.4, -0.2) is 20.3 Å². The summed E-state index contributed by atoms with van der Waals surface area (Å²) in [6.45, 7) is 1.31. The summed E-state index contributed by atoms with van der Waals surface area (Å²) in [4.78, 5) is 0. The van der Waals surface area contributed by atoms with Crippen LogP contribution in [0.15, 0.2) is 85.1 Å². The first-order valence-electron chi connectivity index (χ1n) is 10.4. The molecule has 0 amide bonds. The van der Waals surface area contributed by atoms with Crippen molar-refractivity contribution in [3.05, 3.63) is 103 Å². The van der Waals surface area contributed by atoms with E-state index in [9.17, 15) is 13.2 Å². The van der Waals surface area contributed by atoms with Gasteiger partial charge in [-0.2, -0.15) is 13.2 Å². The van der Waals surface area contributed by atoms with E-state index in [0.29, 0.717) is 23.9 Å². The Kier molecular flexibility index (Phi) is 8.52. The minimum absolute atomic E-state index is 0.333. The van der Waals surface area contributed by atoms with Gasteiger partial charge < -0.3 is 19.5 Å². The summed E-state index contributed by atoms with van der Waals surface area (Å²) in [6.07, 6.45) is 2.28. The maximum atomic E-state index is 12.6. The van der Waals surface area contributed by atoms with Gasteiger partial charge >= 0.3 is 6.18 Å². The minimum atomic E-state index is -4.36. The second kappa shape index (κ2) is 11.8. The molecule has 0 spiro atoms. The van der Waals surface area contributed by atoms with Gasteiger partial charge in [0.2, 0.25) is 0 Å². The fourth-order valence-electron chi connectivity index (χ4n) is 2.84. The molecule has 0 aliphatic carbocycles. The molecule has 4 nitrogen and oxygen atoms in total. The fourth-order valence-corrected chi connectivity index (χ4v) is 2.84. The quantitative estimate of drug-likeness (QED) is 0.260. The highest BCUT2D eigenvalue weighted by Crippen LogP contribution is 2.31. The molecule has 0 bridgehead atoms. The highest BCUT2D eigenvalue weighted by Gasteiger charge is 2.30. The zero-order valence-corrected chi connectivity index (χ0v) is 18.1. The smallest absolute Gasteiger partial charge is 0.416 e. The normalized spacial score (nSPS) is 11.3. The Hall–Kier alpha value is -3.74. The maximum Gasteiger partial charge on any atom is 0.416 e. The molecule has 3 aromatic carbocycles. The van der Waals surface area contributed by atoms with E-state index < -0.39 is 11.7 Å². The molecule has 0 unspecified atom stereocenters. The Morgan fingerprint density at radius 2 is 1.39 bits per heavy atom. The number of allylic oxidation sites excluding steroid dienone is 1. The number of rotatable bonds is 11. The molecule has 0 saturated heterocycles. The van der Waals surface area contributed by atoms with Gasteiger partial charge in [-0.15, -0.1) is 30.2 Å². The van der Waals surface area contributed by atoms with Crippen LogP contribution >= 0.6 is 0 Å². The van der Waals surface area contributed by atoms with E-state index >= 15 is 0 Å². The number of methoxy groups -OCH3 is 1.